The summed E-state index contributed by atoms with van der Waals surface area (Å²) in [4.78, 5) is 0. The van der Waals surface area contributed by atoms with Crippen LogP contribution in [0.1, 0.15) is 44.9 Å². The lowest BCUT2D eigenvalue weighted by Crippen LogP contribution is -2.32. The Hall–Kier alpha value is -0.120. The van der Waals surface area contributed by atoms with Crippen molar-refractivity contribution in [2.45, 2.75) is 57.1 Å². The van der Waals surface area contributed by atoms with Gasteiger partial charge in [-0.25, -0.2) is 0 Å². The molecule has 0 amide bonds. The Bertz CT molecular complexity index is 145. The van der Waals surface area contributed by atoms with Crippen molar-refractivity contribution >= 4 is 0 Å². The van der Waals surface area contributed by atoms with Crippen molar-refractivity contribution in [2.24, 2.45) is 0 Å². The number of hydrogen-bond acceptors (Lipinski definition) is 3. The molecule has 0 heterocycles. The lowest BCUT2D eigenvalue weighted by Gasteiger charge is -2.17. The van der Waals surface area contributed by atoms with Gasteiger partial charge in [-0.05, 0) is 25.8 Å². The van der Waals surface area contributed by atoms with Crippen molar-refractivity contribution < 1.29 is 9.84 Å². The summed E-state index contributed by atoms with van der Waals surface area (Å²) in [5.74, 6) is 0. The number of hydrogen-bond donors (Lipinski definition) is 2. The minimum atomic E-state index is -0.312. The van der Waals surface area contributed by atoms with E-state index in [0.29, 0.717) is 12.6 Å². The first-order valence-corrected chi connectivity index (χ1v) is 6.23. The van der Waals surface area contributed by atoms with Crippen LogP contribution in [-0.2, 0) is 4.74 Å². The van der Waals surface area contributed by atoms with Gasteiger partial charge in [-0.1, -0.05) is 25.7 Å². The number of aliphatic hydroxyl groups excluding tert-OH is 1. The van der Waals surface area contributed by atoms with E-state index in [2.05, 4.69) is 5.32 Å². The van der Waals surface area contributed by atoms with E-state index >= 15 is 0 Å². The Labute approximate surface area is 93.2 Å². The van der Waals surface area contributed by atoms with Crippen LogP contribution in [0.5, 0.6) is 0 Å². The molecule has 3 nitrogen and oxygen atoms in total. The molecule has 0 bridgehead atoms. The highest BCUT2D eigenvalue weighted by atomic mass is 16.5. The van der Waals surface area contributed by atoms with Gasteiger partial charge in [0.05, 0.1) is 12.7 Å². The molecule has 1 fully saturated rings. The van der Waals surface area contributed by atoms with Crippen LogP contribution in [0.3, 0.4) is 0 Å². The largest absolute Gasteiger partial charge is 0.391 e. The van der Waals surface area contributed by atoms with Crippen molar-refractivity contribution in [3.8, 4) is 0 Å². The second kappa shape index (κ2) is 8.08. The second-order valence-electron chi connectivity index (χ2n) is 4.54. The summed E-state index contributed by atoms with van der Waals surface area (Å²) in [7, 11) is 1.63. The third kappa shape index (κ3) is 6.13. The highest BCUT2D eigenvalue weighted by Crippen LogP contribution is 2.17. The van der Waals surface area contributed by atoms with Gasteiger partial charge >= 0.3 is 0 Å². The topological polar surface area (TPSA) is 41.5 Å². The van der Waals surface area contributed by atoms with E-state index in [-0.39, 0.29) is 6.10 Å². The molecule has 1 rings (SSSR count). The van der Waals surface area contributed by atoms with E-state index in [0.717, 1.165) is 13.0 Å². The Kier molecular flexibility index (Phi) is 6.98. The van der Waals surface area contributed by atoms with Crippen LogP contribution in [0, 0.1) is 0 Å². The highest BCUT2D eigenvalue weighted by molar-refractivity contribution is 4.71. The molecule has 1 saturated carbocycles. The average Bonchev–Trinajstić information content (AvgIpc) is 2.47. The van der Waals surface area contributed by atoms with Crippen molar-refractivity contribution in [2.75, 3.05) is 20.3 Å². The van der Waals surface area contributed by atoms with Crippen molar-refractivity contribution in [3.63, 3.8) is 0 Å². The predicted octanol–water partition coefficient (Wildman–Crippen LogP) is 1.70. The molecule has 90 valence electrons. The lowest BCUT2D eigenvalue weighted by atomic mass is 10.1. The van der Waals surface area contributed by atoms with Gasteiger partial charge in [0.1, 0.15) is 0 Å². The predicted molar refractivity (Wildman–Crippen MR) is 62.0 cm³/mol. The quantitative estimate of drug-likeness (QED) is 0.663. The number of rotatable bonds is 6. The normalized spacial score (nSPS) is 21.2. The zero-order valence-electron chi connectivity index (χ0n) is 9.87. The fourth-order valence-corrected chi connectivity index (χ4v) is 2.21. The standard InChI is InChI=1S/C12H25NO2/c1-15-10-12(14)8-9-13-11-6-4-2-3-5-7-11/h11-14H,2-10H2,1H3. The molecule has 0 aliphatic heterocycles. The number of methoxy groups -OCH3 is 1. The summed E-state index contributed by atoms with van der Waals surface area (Å²) >= 11 is 0. The molecule has 0 saturated heterocycles. The fraction of sp³-hybridized carbons (Fsp3) is 1.00. The molecule has 1 aliphatic rings. The fourth-order valence-electron chi connectivity index (χ4n) is 2.21. The molecule has 3 heteroatoms. The molecule has 1 atom stereocenters. The second-order valence-corrected chi connectivity index (χ2v) is 4.54. The minimum absolute atomic E-state index is 0.312. The first kappa shape index (κ1) is 12.9. The maximum atomic E-state index is 9.47. The van der Waals surface area contributed by atoms with Gasteiger partial charge < -0.3 is 15.2 Å². The summed E-state index contributed by atoms with van der Waals surface area (Å²) in [6, 6.07) is 0.683. The molecule has 0 spiro atoms. The molecule has 0 radical (unpaired) electrons. The van der Waals surface area contributed by atoms with Crippen LogP contribution in [0.25, 0.3) is 0 Å². The van der Waals surface area contributed by atoms with Gasteiger partial charge in [-0.2, -0.15) is 0 Å². The van der Waals surface area contributed by atoms with Crippen molar-refractivity contribution in [3.05, 3.63) is 0 Å². The van der Waals surface area contributed by atoms with Gasteiger partial charge in [-0.3, -0.25) is 0 Å². The molecular weight excluding hydrogens is 190 g/mol. The first-order chi connectivity index (χ1) is 7.33. The lowest BCUT2D eigenvalue weighted by molar-refractivity contribution is 0.0589. The molecule has 1 aliphatic carbocycles. The highest BCUT2D eigenvalue weighted by Gasteiger charge is 2.11. The van der Waals surface area contributed by atoms with E-state index < -0.39 is 0 Å². The van der Waals surface area contributed by atoms with Crippen LogP contribution < -0.4 is 5.32 Å². The van der Waals surface area contributed by atoms with E-state index in [9.17, 15) is 5.11 Å². The van der Waals surface area contributed by atoms with Crippen LogP contribution >= 0.6 is 0 Å². The smallest absolute Gasteiger partial charge is 0.0785 e. The summed E-state index contributed by atoms with van der Waals surface area (Å²) < 4.78 is 4.89. The van der Waals surface area contributed by atoms with Crippen molar-refractivity contribution in [1.29, 1.82) is 0 Å². The van der Waals surface area contributed by atoms with Crippen LogP contribution in [0.15, 0.2) is 0 Å². The maximum absolute atomic E-state index is 9.47. The molecule has 1 unspecified atom stereocenters. The molecule has 2 N–H and O–H groups in total. The molecule has 0 aromatic heterocycles. The van der Waals surface area contributed by atoms with Crippen LogP contribution in [-0.4, -0.2) is 37.5 Å². The summed E-state index contributed by atoms with van der Waals surface area (Å²) in [6.07, 6.45) is 8.60. The number of ether oxygens (including phenoxy) is 1. The van der Waals surface area contributed by atoms with Gasteiger partial charge in [0.15, 0.2) is 0 Å². The first-order valence-electron chi connectivity index (χ1n) is 6.23. The van der Waals surface area contributed by atoms with E-state index in [1.807, 2.05) is 0 Å². The van der Waals surface area contributed by atoms with E-state index in [4.69, 9.17) is 4.74 Å². The number of nitrogens with one attached hydrogen (secondary N) is 1. The Morgan fingerprint density at radius 2 is 1.93 bits per heavy atom. The SMILES string of the molecule is COCC(O)CCNC1CCCCCC1. The molecule has 0 aromatic rings. The summed E-state index contributed by atoms with van der Waals surface area (Å²) in [6.45, 7) is 1.36. The molecule has 15 heavy (non-hydrogen) atoms. The monoisotopic (exact) mass is 215 g/mol. The van der Waals surface area contributed by atoms with Crippen molar-refractivity contribution in [1.82, 2.24) is 5.32 Å². The van der Waals surface area contributed by atoms with Gasteiger partial charge in [0, 0.05) is 13.2 Å². The summed E-state index contributed by atoms with van der Waals surface area (Å²) in [5, 5.41) is 13.0. The van der Waals surface area contributed by atoms with E-state index in [1.54, 1.807) is 7.11 Å². The third-order valence-corrected chi connectivity index (χ3v) is 3.12. The van der Waals surface area contributed by atoms with E-state index in [1.165, 1.54) is 38.5 Å². The van der Waals surface area contributed by atoms with Gasteiger partial charge in [-0.15, -0.1) is 0 Å². The maximum Gasteiger partial charge on any atom is 0.0785 e. The van der Waals surface area contributed by atoms with Crippen LogP contribution in [0.2, 0.25) is 0 Å². The Balaban J connectivity index is 2.02. The van der Waals surface area contributed by atoms with Gasteiger partial charge in [0.25, 0.3) is 0 Å². The molecular formula is C12H25NO2. The Morgan fingerprint density at radius 3 is 2.53 bits per heavy atom. The zero-order chi connectivity index (χ0) is 10.9. The van der Waals surface area contributed by atoms with Crippen LogP contribution in [0.4, 0.5) is 0 Å². The zero-order valence-corrected chi connectivity index (χ0v) is 9.87. The minimum Gasteiger partial charge on any atom is -0.391 e. The summed E-state index contributed by atoms with van der Waals surface area (Å²) in [5.41, 5.74) is 0. The average molecular weight is 215 g/mol. The Morgan fingerprint density at radius 1 is 1.27 bits per heavy atom. The molecule has 0 aromatic carbocycles. The van der Waals surface area contributed by atoms with Gasteiger partial charge in [0.2, 0.25) is 0 Å². The third-order valence-electron chi connectivity index (χ3n) is 3.12. The number of aliphatic hydroxyl groups is 1.